The third-order valence-electron chi connectivity index (χ3n) is 4.49. The number of hydrogen-bond donors (Lipinski definition) is 1. The van der Waals surface area contributed by atoms with Gasteiger partial charge in [0, 0.05) is 19.0 Å². The van der Waals surface area contributed by atoms with E-state index < -0.39 is 5.97 Å². The molecule has 1 amide bonds. The smallest absolute Gasteiger partial charge is 0.306 e. The number of piperidine rings is 1. The molecule has 2 aliphatic rings. The number of hydrogen-bond acceptors (Lipinski definition) is 2. The summed E-state index contributed by atoms with van der Waals surface area (Å²) in [5.74, 6) is -0.323. The molecule has 0 bridgehead atoms. The van der Waals surface area contributed by atoms with Crippen LogP contribution in [0.2, 0.25) is 0 Å². The van der Waals surface area contributed by atoms with Crippen LogP contribution in [0.4, 0.5) is 0 Å². The molecule has 3 rings (SSSR count). The van der Waals surface area contributed by atoms with E-state index in [2.05, 4.69) is 12.1 Å². The molecule has 2 unspecified atom stereocenters. The van der Waals surface area contributed by atoms with Crippen molar-refractivity contribution in [3.05, 3.63) is 35.9 Å². The predicted octanol–water partition coefficient (Wildman–Crippen LogP) is 2.11. The molecule has 1 aromatic carbocycles. The number of carbonyl (C=O) groups excluding carboxylic acids is 1. The van der Waals surface area contributed by atoms with Crippen LogP contribution in [0, 0.1) is 11.8 Å². The maximum absolute atomic E-state index is 12.4. The van der Waals surface area contributed by atoms with Gasteiger partial charge in [-0.1, -0.05) is 30.3 Å². The summed E-state index contributed by atoms with van der Waals surface area (Å²) in [4.78, 5) is 25.2. The molecule has 20 heavy (non-hydrogen) atoms. The van der Waals surface area contributed by atoms with E-state index >= 15 is 0 Å². The Bertz CT molecular complexity index is 506. The highest BCUT2D eigenvalue weighted by Crippen LogP contribution is 2.48. The zero-order valence-electron chi connectivity index (χ0n) is 11.4. The fourth-order valence-corrected chi connectivity index (χ4v) is 3.12. The first-order valence-electron chi connectivity index (χ1n) is 7.23. The molecule has 0 spiro atoms. The standard InChI is InChI=1S/C16H19NO3/c18-15(17-8-6-12(7-9-17)16(19)20)14-10-13(14)11-4-2-1-3-5-11/h1-5,12-14H,6-10H2,(H,19,20). The molecular weight excluding hydrogens is 254 g/mol. The van der Waals surface area contributed by atoms with E-state index in [0.29, 0.717) is 31.8 Å². The number of carboxylic acids is 1. The van der Waals surface area contributed by atoms with Crippen molar-refractivity contribution in [3.8, 4) is 0 Å². The summed E-state index contributed by atoms with van der Waals surface area (Å²) in [6.45, 7) is 1.18. The van der Waals surface area contributed by atoms with Gasteiger partial charge >= 0.3 is 5.97 Å². The van der Waals surface area contributed by atoms with Crippen molar-refractivity contribution in [2.75, 3.05) is 13.1 Å². The van der Waals surface area contributed by atoms with Gasteiger partial charge < -0.3 is 10.0 Å². The van der Waals surface area contributed by atoms with E-state index in [1.54, 1.807) is 0 Å². The third kappa shape index (κ3) is 2.55. The normalized spacial score (nSPS) is 26.3. The maximum atomic E-state index is 12.4. The van der Waals surface area contributed by atoms with Crippen molar-refractivity contribution >= 4 is 11.9 Å². The van der Waals surface area contributed by atoms with E-state index in [9.17, 15) is 9.59 Å². The minimum atomic E-state index is -0.731. The predicted molar refractivity (Wildman–Crippen MR) is 74.2 cm³/mol. The molecule has 1 aromatic rings. The number of aliphatic carboxylic acids is 1. The first-order valence-corrected chi connectivity index (χ1v) is 7.23. The Labute approximate surface area is 118 Å². The van der Waals surface area contributed by atoms with Gasteiger partial charge in [0.05, 0.1) is 5.92 Å². The second-order valence-electron chi connectivity index (χ2n) is 5.80. The number of rotatable bonds is 3. The Kier molecular flexibility index (Phi) is 3.47. The fraction of sp³-hybridized carbons (Fsp3) is 0.500. The lowest BCUT2D eigenvalue weighted by atomic mass is 9.96. The van der Waals surface area contributed by atoms with Crippen LogP contribution in [-0.2, 0) is 9.59 Å². The Morgan fingerprint density at radius 1 is 1.10 bits per heavy atom. The number of benzene rings is 1. The Morgan fingerprint density at radius 3 is 2.35 bits per heavy atom. The molecule has 1 heterocycles. The first kappa shape index (κ1) is 13.2. The van der Waals surface area contributed by atoms with Crippen molar-refractivity contribution in [1.82, 2.24) is 4.90 Å². The molecule has 106 valence electrons. The zero-order valence-corrected chi connectivity index (χ0v) is 11.4. The van der Waals surface area contributed by atoms with Gasteiger partial charge in [0.15, 0.2) is 0 Å². The zero-order chi connectivity index (χ0) is 14.1. The van der Waals surface area contributed by atoms with E-state index in [0.717, 1.165) is 6.42 Å². The molecule has 1 N–H and O–H groups in total. The van der Waals surface area contributed by atoms with E-state index in [1.807, 2.05) is 23.1 Å². The van der Waals surface area contributed by atoms with E-state index in [-0.39, 0.29) is 17.7 Å². The van der Waals surface area contributed by atoms with Crippen LogP contribution in [0.1, 0.15) is 30.7 Å². The maximum Gasteiger partial charge on any atom is 0.306 e. The van der Waals surface area contributed by atoms with Crippen LogP contribution < -0.4 is 0 Å². The average molecular weight is 273 g/mol. The molecule has 2 atom stereocenters. The second kappa shape index (κ2) is 5.27. The van der Waals surface area contributed by atoms with Crippen LogP contribution in [0.25, 0.3) is 0 Å². The molecule has 0 radical (unpaired) electrons. The highest BCUT2D eigenvalue weighted by molar-refractivity contribution is 5.83. The van der Waals surface area contributed by atoms with Crippen molar-refractivity contribution in [2.24, 2.45) is 11.8 Å². The SMILES string of the molecule is O=C(O)C1CCN(C(=O)C2CC2c2ccccc2)CC1. The van der Waals surface area contributed by atoms with Gasteiger partial charge in [-0.3, -0.25) is 9.59 Å². The van der Waals surface area contributed by atoms with Crippen LogP contribution in [0.5, 0.6) is 0 Å². The first-order chi connectivity index (χ1) is 9.66. The van der Waals surface area contributed by atoms with Crippen molar-refractivity contribution in [2.45, 2.75) is 25.2 Å². The molecule has 1 aliphatic heterocycles. The largest absolute Gasteiger partial charge is 0.481 e. The number of nitrogens with zero attached hydrogens (tertiary/aromatic N) is 1. The average Bonchev–Trinajstić information content (AvgIpc) is 3.28. The van der Waals surface area contributed by atoms with E-state index in [4.69, 9.17) is 5.11 Å². The lowest BCUT2D eigenvalue weighted by Crippen LogP contribution is -2.41. The Hall–Kier alpha value is -1.84. The number of carbonyl (C=O) groups is 2. The van der Waals surface area contributed by atoms with Crippen LogP contribution >= 0.6 is 0 Å². The summed E-state index contributed by atoms with van der Waals surface area (Å²) in [6.07, 6.45) is 2.11. The number of likely N-dealkylation sites (tertiary alicyclic amines) is 1. The summed E-state index contributed by atoms with van der Waals surface area (Å²) >= 11 is 0. The van der Waals surface area contributed by atoms with Crippen LogP contribution in [0.3, 0.4) is 0 Å². The van der Waals surface area contributed by atoms with Crippen LogP contribution in [0.15, 0.2) is 30.3 Å². The molecular formula is C16H19NO3. The quantitative estimate of drug-likeness (QED) is 0.917. The minimum absolute atomic E-state index is 0.110. The molecule has 2 fully saturated rings. The van der Waals surface area contributed by atoms with Crippen molar-refractivity contribution in [3.63, 3.8) is 0 Å². The Morgan fingerprint density at radius 2 is 1.75 bits per heavy atom. The van der Waals surface area contributed by atoms with Gasteiger partial charge in [0.2, 0.25) is 5.91 Å². The van der Waals surface area contributed by atoms with Gasteiger partial charge in [-0.25, -0.2) is 0 Å². The highest BCUT2D eigenvalue weighted by Gasteiger charge is 2.46. The summed E-state index contributed by atoms with van der Waals surface area (Å²) in [5.41, 5.74) is 1.24. The molecule has 4 heteroatoms. The molecule has 1 saturated carbocycles. The minimum Gasteiger partial charge on any atom is -0.481 e. The Balaban J connectivity index is 1.56. The third-order valence-corrected chi connectivity index (χ3v) is 4.49. The number of amides is 1. The molecule has 0 aromatic heterocycles. The molecule has 1 aliphatic carbocycles. The summed E-state index contributed by atoms with van der Waals surface area (Å²) in [6, 6.07) is 10.2. The van der Waals surface area contributed by atoms with Gasteiger partial charge in [0.25, 0.3) is 0 Å². The number of carboxylic acid groups (broad SMARTS) is 1. The summed E-state index contributed by atoms with van der Waals surface area (Å²) in [7, 11) is 0. The summed E-state index contributed by atoms with van der Waals surface area (Å²) < 4.78 is 0. The van der Waals surface area contributed by atoms with E-state index in [1.165, 1.54) is 5.56 Å². The van der Waals surface area contributed by atoms with Crippen LogP contribution in [-0.4, -0.2) is 35.0 Å². The van der Waals surface area contributed by atoms with Crippen molar-refractivity contribution in [1.29, 1.82) is 0 Å². The van der Waals surface area contributed by atoms with Crippen molar-refractivity contribution < 1.29 is 14.7 Å². The monoisotopic (exact) mass is 273 g/mol. The fourth-order valence-electron chi connectivity index (χ4n) is 3.12. The summed E-state index contributed by atoms with van der Waals surface area (Å²) in [5, 5.41) is 8.97. The van der Waals surface area contributed by atoms with Gasteiger partial charge in [-0.05, 0) is 30.7 Å². The lowest BCUT2D eigenvalue weighted by molar-refractivity contribution is -0.146. The molecule has 1 saturated heterocycles. The van der Waals surface area contributed by atoms with Gasteiger partial charge in [0.1, 0.15) is 0 Å². The second-order valence-corrected chi connectivity index (χ2v) is 5.80. The highest BCUT2D eigenvalue weighted by atomic mass is 16.4. The topological polar surface area (TPSA) is 57.6 Å². The van der Waals surface area contributed by atoms with Gasteiger partial charge in [-0.2, -0.15) is 0 Å². The van der Waals surface area contributed by atoms with Gasteiger partial charge in [-0.15, -0.1) is 0 Å². The molecule has 4 nitrogen and oxygen atoms in total. The lowest BCUT2D eigenvalue weighted by Gasteiger charge is -2.30.